The molecule has 9 heteroatoms. The van der Waals surface area contributed by atoms with Gasteiger partial charge in [0.15, 0.2) is 0 Å². The Labute approximate surface area is 145 Å². The Kier molecular flexibility index (Phi) is 5.97. The van der Waals surface area contributed by atoms with E-state index in [1.165, 1.54) is 12.1 Å². The molecular formula is C16H21F3N2O3S. The SMILES string of the molecule is CS(=O)(=O)N(CCC(=O)N1CCCCC1)c1ccccc1C(F)(F)F. The van der Waals surface area contributed by atoms with Gasteiger partial charge in [-0.1, -0.05) is 12.1 Å². The maximum absolute atomic E-state index is 13.2. The van der Waals surface area contributed by atoms with E-state index < -0.39 is 27.5 Å². The molecule has 0 N–H and O–H groups in total. The van der Waals surface area contributed by atoms with Gasteiger partial charge in [-0.05, 0) is 31.4 Å². The molecule has 2 rings (SSSR count). The molecular weight excluding hydrogens is 357 g/mol. The highest BCUT2D eigenvalue weighted by Gasteiger charge is 2.36. The molecule has 0 aliphatic carbocycles. The molecule has 1 aliphatic rings. The highest BCUT2D eigenvalue weighted by Crippen LogP contribution is 2.37. The van der Waals surface area contributed by atoms with E-state index in [0.717, 1.165) is 37.7 Å². The van der Waals surface area contributed by atoms with Crippen LogP contribution in [0.4, 0.5) is 18.9 Å². The number of benzene rings is 1. The highest BCUT2D eigenvalue weighted by molar-refractivity contribution is 7.92. The van der Waals surface area contributed by atoms with E-state index >= 15 is 0 Å². The fourth-order valence-electron chi connectivity index (χ4n) is 2.89. The summed E-state index contributed by atoms with van der Waals surface area (Å²) >= 11 is 0. The minimum atomic E-state index is -4.68. The van der Waals surface area contributed by atoms with Crippen molar-refractivity contribution >= 4 is 21.6 Å². The molecule has 0 radical (unpaired) electrons. The van der Waals surface area contributed by atoms with Crippen molar-refractivity contribution in [2.45, 2.75) is 31.9 Å². The third-order valence-corrected chi connectivity index (χ3v) is 5.30. The standard InChI is InChI=1S/C16H21F3N2O3S/c1-25(23,24)21(12-9-15(22)20-10-5-2-6-11-20)14-8-4-3-7-13(14)16(17,18)19/h3-4,7-8H,2,5-6,9-12H2,1H3. The zero-order valence-electron chi connectivity index (χ0n) is 13.9. The molecule has 5 nitrogen and oxygen atoms in total. The Bertz CT molecular complexity index is 714. The molecule has 0 saturated carbocycles. The Morgan fingerprint density at radius 2 is 1.76 bits per heavy atom. The van der Waals surface area contributed by atoms with Crippen LogP contribution in [-0.2, 0) is 21.0 Å². The molecule has 140 valence electrons. The summed E-state index contributed by atoms with van der Waals surface area (Å²) in [5, 5.41) is 0. The summed E-state index contributed by atoms with van der Waals surface area (Å²) in [6.45, 7) is 0.898. The Morgan fingerprint density at radius 3 is 2.32 bits per heavy atom. The molecule has 0 aromatic heterocycles. The molecule has 0 unspecified atom stereocenters. The molecule has 1 aromatic rings. The van der Waals surface area contributed by atoms with Crippen molar-refractivity contribution < 1.29 is 26.4 Å². The van der Waals surface area contributed by atoms with Crippen LogP contribution in [0, 0.1) is 0 Å². The molecule has 1 amide bonds. The van der Waals surface area contributed by atoms with Crippen molar-refractivity contribution in [2.24, 2.45) is 0 Å². The summed E-state index contributed by atoms with van der Waals surface area (Å²) in [7, 11) is -3.96. The van der Waals surface area contributed by atoms with E-state index in [2.05, 4.69) is 0 Å². The second-order valence-electron chi connectivity index (χ2n) is 6.04. The topological polar surface area (TPSA) is 57.7 Å². The molecule has 1 heterocycles. The van der Waals surface area contributed by atoms with Crippen molar-refractivity contribution in [1.82, 2.24) is 4.90 Å². The van der Waals surface area contributed by atoms with Crippen LogP contribution in [0.25, 0.3) is 0 Å². The molecule has 0 atom stereocenters. The first-order valence-electron chi connectivity index (χ1n) is 8.02. The smallest absolute Gasteiger partial charge is 0.343 e. The summed E-state index contributed by atoms with van der Waals surface area (Å²) in [4.78, 5) is 13.9. The lowest BCUT2D eigenvalue weighted by Gasteiger charge is -2.29. The van der Waals surface area contributed by atoms with E-state index in [9.17, 15) is 26.4 Å². The third kappa shape index (κ3) is 5.10. The van der Waals surface area contributed by atoms with Crippen LogP contribution in [0.2, 0.25) is 0 Å². The van der Waals surface area contributed by atoms with Gasteiger partial charge in [0.1, 0.15) is 0 Å². The molecule has 1 aliphatic heterocycles. The number of likely N-dealkylation sites (tertiary alicyclic amines) is 1. The van der Waals surface area contributed by atoms with Crippen molar-refractivity contribution in [3.05, 3.63) is 29.8 Å². The van der Waals surface area contributed by atoms with Crippen LogP contribution in [0.5, 0.6) is 0 Å². The predicted molar refractivity (Wildman–Crippen MR) is 88.7 cm³/mol. The molecule has 1 fully saturated rings. The van der Waals surface area contributed by atoms with Gasteiger partial charge in [0.25, 0.3) is 0 Å². The van der Waals surface area contributed by atoms with Gasteiger partial charge in [0, 0.05) is 26.1 Å². The number of para-hydroxylation sites is 1. The molecule has 1 aromatic carbocycles. The number of hydrogen-bond donors (Lipinski definition) is 0. The van der Waals surface area contributed by atoms with Crippen molar-refractivity contribution in [1.29, 1.82) is 0 Å². The number of anilines is 1. The number of amides is 1. The molecule has 0 spiro atoms. The molecule has 25 heavy (non-hydrogen) atoms. The fourth-order valence-corrected chi connectivity index (χ4v) is 3.83. The second-order valence-corrected chi connectivity index (χ2v) is 7.95. The highest BCUT2D eigenvalue weighted by atomic mass is 32.2. The lowest BCUT2D eigenvalue weighted by atomic mass is 10.1. The summed E-state index contributed by atoms with van der Waals surface area (Å²) in [6, 6.07) is 4.48. The van der Waals surface area contributed by atoms with E-state index in [4.69, 9.17) is 0 Å². The van der Waals surface area contributed by atoms with Gasteiger partial charge in [-0.25, -0.2) is 8.42 Å². The number of carbonyl (C=O) groups is 1. The van der Waals surface area contributed by atoms with Gasteiger partial charge in [-0.15, -0.1) is 0 Å². The van der Waals surface area contributed by atoms with Gasteiger partial charge >= 0.3 is 6.18 Å². The van der Waals surface area contributed by atoms with Gasteiger partial charge in [0.05, 0.1) is 17.5 Å². The molecule has 1 saturated heterocycles. The maximum Gasteiger partial charge on any atom is 0.418 e. The van der Waals surface area contributed by atoms with E-state index in [1.807, 2.05) is 0 Å². The van der Waals surface area contributed by atoms with E-state index in [1.54, 1.807) is 4.90 Å². The lowest BCUT2D eigenvalue weighted by Crippen LogP contribution is -2.39. The third-order valence-electron chi connectivity index (χ3n) is 4.12. The average molecular weight is 378 g/mol. The van der Waals surface area contributed by atoms with Crippen molar-refractivity contribution in [3.8, 4) is 0 Å². The van der Waals surface area contributed by atoms with Crippen LogP contribution < -0.4 is 4.31 Å². The Hall–Kier alpha value is -1.77. The average Bonchev–Trinajstić information content (AvgIpc) is 2.54. The minimum absolute atomic E-state index is 0.154. The first-order valence-corrected chi connectivity index (χ1v) is 9.87. The zero-order chi connectivity index (χ0) is 18.7. The first kappa shape index (κ1) is 19.6. The summed E-state index contributed by atoms with van der Waals surface area (Å²) in [6.07, 6.45) is -1.18. The number of rotatable bonds is 5. The van der Waals surface area contributed by atoms with Crippen LogP contribution >= 0.6 is 0 Å². The lowest BCUT2D eigenvalue weighted by molar-refractivity contribution is -0.137. The zero-order valence-corrected chi connectivity index (χ0v) is 14.7. The minimum Gasteiger partial charge on any atom is -0.343 e. The van der Waals surface area contributed by atoms with Crippen molar-refractivity contribution in [3.63, 3.8) is 0 Å². The maximum atomic E-state index is 13.2. The van der Waals surface area contributed by atoms with Gasteiger partial charge in [0.2, 0.25) is 15.9 Å². The number of halogens is 3. The van der Waals surface area contributed by atoms with Crippen LogP contribution in [0.15, 0.2) is 24.3 Å². The number of piperidine rings is 1. The summed E-state index contributed by atoms with van der Waals surface area (Å²) in [5.74, 6) is -0.238. The van der Waals surface area contributed by atoms with Crippen LogP contribution in [-0.4, -0.2) is 45.1 Å². The largest absolute Gasteiger partial charge is 0.418 e. The molecule has 0 bridgehead atoms. The normalized spacial score (nSPS) is 15.9. The first-order chi connectivity index (χ1) is 11.6. The number of alkyl halides is 3. The fraction of sp³-hybridized carbons (Fsp3) is 0.562. The quantitative estimate of drug-likeness (QED) is 0.792. The van der Waals surface area contributed by atoms with E-state index in [-0.39, 0.29) is 18.9 Å². The van der Waals surface area contributed by atoms with Gasteiger partial charge in [-0.3, -0.25) is 9.10 Å². The van der Waals surface area contributed by atoms with Gasteiger partial charge in [-0.2, -0.15) is 13.2 Å². The predicted octanol–water partition coefficient (Wildman–Crippen LogP) is 2.87. The number of nitrogens with zero attached hydrogens (tertiary/aromatic N) is 2. The number of sulfonamides is 1. The van der Waals surface area contributed by atoms with Crippen LogP contribution in [0.3, 0.4) is 0 Å². The number of hydrogen-bond acceptors (Lipinski definition) is 3. The van der Waals surface area contributed by atoms with E-state index in [0.29, 0.717) is 17.4 Å². The van der Waals surface area contributed by atoms with Crippen LogP contribution in [0.1, 0.15) is 31.2 Å². The Balaban J connectivity index is 2.22. The Morgan fingerprint density at radius 1 is 1.16 bits per heavy atom. The number of carbonyl (C=O) groups excluding carboxylic acids is 1. The second kappa shape index (κ2) is 7.63. The summed E-state index contributed by atoms with van der Waals surface area (Å²) < 4.78 is 64.3. The van der Waals surface area contributed by atoms with Gasteiger partial charge < -0.3 is 4.90 Å². The summed E-state index contributed by atoms with van der Waals surface area (Å²) in [5.41, 5.74) is -1.49. The van der Waals surface area contributed by atoms with Crippen molar-refractivity contribution in [2.75, 3.05) is 30.2 Å². The monoisotopic (exact) mass is 378 g/mol.